The normalized spacial score (nSPS) is 22.1. The summed E-state index contributed by atoms with van der Waals surface area (Å²) < 4.78 is 7.99. The van der Waals surface area contributed by atoms with E-state index >= 15 is 0 Å². The molecule has 2 fully saturated rings. The first-order valence-corrected chi connectivity index (χ1v) is 11.0. The molecule has 0 saturated carbocycles. The topological polar surface area (TPSA) is 108 Å². The van der Waals surface area contributed by atoms with Crippen molar-refractivity contribution in [2.24, 2.45) is 0 Å². The van der Waals surface area contributed by atoms with Gasteiger partial charge in [-0.15, -0.1) is 0 Å². The molecule has 0 bridgehead atoms. The van der Waals surface area contributed by atoms with Crippen LogP contribution in [0.5, 0.6) is 0 Å². The average molecular weight is 445 g/mol. The maximum Gasteiger partial charge on any atom is 0.290 e. The van der Waals surface area contributed by atoms with Crippen molar-refractivity contribution >= 4 is 12.4 Å². The van der Waals surface area contributed by atoms with Crippen molar-refractivity contribution in [3.8, 4) is 0 Å². The van der Waals surface area contributed by atoms with Crippen molar-refractivity contribution in [3.63, 3.8) is 0 Å². The second-order valence-corrected chi connectivity index (χ2v) is 8.01. The van der Waals surface area contributed by atoms with Gasteiger partial charge in [-0.25, -0.2) is 0 Å². The third kappa shape index (κ3) is 6.62. The number of aryl methyl sites for hydroxylation is 1. The molecule has 0 spiro atoms. The molecule has 32 heavy (non-hydrogen) atoms. The summed E-state index contributed by atoms with van der Waals surface area (Å²) in [6.45, 7) is 4.00. The van der Waals surface area contributed by atoms with Crippen LogP contribution in [0.2, 0.25) is 0 Å². The summed E-state index contributed by atoms with van der Waals surface area (Å²) in [7, 11) is 0. The lowest BCUT2D eigenvalue weighted by atomic mass is 9.96. The first-order valence-electron chi connectivity index (χ1n) is 11.0. The molecule has 1 amide bonds. The fourth-order valence-corrected chi connectivity index (χ4v) is 4.35. The molecule has 2 saturated heterocycles. The minimum atomic E-state index is -0.250. The van der Waals surface area contributed by atoms with Gasteiger partial charge in [-0.3, -0.25) is 14.3 Å². The van der Waals surface area contributed by atoms with Crippen molar-refractivity contribution in [1.29, 1.82) is 0 Å². The van der Waals surface area contributed by atoms with Crippen LogP contribution in [0.3, 0.4) is 0 Å². The second-order valence-electron chi connectivity index (χ2n) is 8.01. The van der Waals surface area contributed by atoms with Crippen molar-refractivity contribution in [3.05, 3.63) is 54.4 Å². The molecule has 1 aromatic heterocycles. The number of likely N-dealkylation sites (tertiary alicyclic amines) is 1. The molecular formula is C23H32N4O5. The van der Waals surface area contributed by atoms with Crippen molar-refractivity contribution < 1.29 is 24.5 Å². The van der Waals surface area contributed by atoms with E-state index in [4.69, 9.17) is 14.6 Å². The van der Waals surface area contributed by atoms with Gasteiger partial charge < -0.3 is 24.7 Å². The molecule has 0 aliphatic carbocycles. The Morgan fingerprint density at radius 3 is 2.53 bits per heavy atom. The Kier molecular flexibility index (Phi) is 9.21. The number of rotatable bonds is 6. The molecule has 2 aromatic rings. The van der Waals surface area contributed by atoms with Gasteiger partial charge in [0.2, 0.25) is 5.91 Å². The van der Waals surface area contributed by atoms with Crippen molar-refractivity contribution in [2.75, 3.05) is 32.8 Å². The van der Waals surface area contributed by atoms with E-state index in [1.807, 2.05) is 35.4 Å². The Hall–Kier alpha value is -2.75. The number of carboxylic acid groups (broad SMARTS) is 1. The minimum Gasteiger partial charge on any atom is -0.483 e. The lowest BCUT2D eigenvalue weighted by Gasteiger charge is -2.44. The van der Waals surface area contributed by atoms with E-state index in [9.17, 15) is 9.90 Å². The van der Waals surface area contributed by atoms with Crippen LogP contribution in [-0.2, 0) is 20.9 Å². The Morgan fingerprint density at radius 1 is 1.16 bits per heavy atom. The van der Waals surface area contributed by atoms with Crippen LogP contribution in [-0.4, -0.2) is 87.2 Å². The number of aromatic nitrogens is 2. The highest BCUT2D eigenvalue weighted by Crippen LogP contribution is 2.31. The van der Waals surface area contributed by atoms with Gasteiger partial charge in [0.05, 0.1) is 24.9 Å². The zero-order chi connectivity index (χ0) is 22.8. The average Bonchev–Trinajstić information content (AvgIpc) is 3.34. The van der Waals surface area contributed by atoms with Crippen molar-refractivity contribution in [2.45, 2.75) is 44.1 Å². The van der Waals surface area contributed by atoms with Crippen LogP contribution < -0.4 is 0 Å². The first kappa shape index (κ1) is 23.9. The predicted octanol–water partition coefficient (Wildman–Crippen LogP) is 1.40. The highest BCUT2D eigenvalue weighted by molar-refractivity contribution is 5.77. The molecular weight excluding hydrogens is 412 g/mol. The molecule has 9 heteroatoms. The van der Waals surface area contributed by atoms with E-state index in [-0.39, 0.29) is 30.6 Å². The molecule has 9 nitrogen and oxygen atoms in total. The van der Waals surface area contributed by atoms with E-state index in [0.29, 0.717) is 26.1 Å². The Balaban J connectivity index is 0.000000913. The molecule has 0 unspecified atom stereocenters. The maximum absolute atomic E-state index is 13.1. The Labute approximate surface area is 188 Å². The number of benzene rings is 1. The maximum atomic E-state index is 13.1. The highest BCUT2D eigenvalue weighted by atomic mass is 16.5. The standard InChI is InChI=1S/C22H30N4O3.CH2O2/c27-19-7-12-24(13-8-19)17-20-22(18-5-2-1-3-6-18)26(15-16-29-20)21(28)9-14-25-11-4-10-23-25;2-1-3/h1-6,10-11,19-20,22,27H,7-9,12-17H2;1H,(H,2,3)/t20-,22-;/m0./s1. The number of amides is 1. The summed E-state index contributed by atoms with van der Waals surface area (Å²) in [4.78, 5) is 25.8. The largest absolute Gasteiger partial charge is 0.483 e. The van der Waals surface area contributed by atoms with Gasteiger partial charge in [-0.05, 0) is 24.5 Å². The van der Waals surface area contributed by atoms with Gasteiger partial charge in [0.15, 0.2) is 0 Å². The zero-order valence-corrected chi connectivity index (χ0v) is 18.2. The highest BCUT2D eigenvalue weighted by Gasteiger charge is 2.37. The van der Waals surface area contributed by atoms with Crippen LogP contribution in [0.15, 0.2) is 48.8 Å². The lowest BCUT2D eigenvalue weighted by Crippen LogP contribution is -2.53. The fourth-order valence-electron chi connectivity index (χ4n) is 4.35. The molecule has 1 aromatic carbocycles. The van der Waals surface area contributed by atoms with Crippen LogP contribution >= 0.6 is 0 Å². The summed E-state index contributed by atoms with van der Waals surface area (Å²) in [5, 5.41) is 20.9. The van der Waals surface area contributed by atoms with E-state index in [1.54, 1.807) is 10.9 Å². The number of hydrogen-bond donors (Lipinski definition) is 2. The SMILES string of the molecule is O=C(CCn1cccn1)N1CCO[C@@H](CN2CCC(O)CC2)[C@@H]1c1ccccc1.O=CO. The number of carbonyl (C=O) groups is 2. The summed E-state index contributed by atoms with van der Waals surface area (Å²) in [6, 6.07) is 12.0. The molecule has 2 atom stereocenters. The van der Waals surface area contributed by atoms with Gasteiger partial charge in [0.25, 0.3) is 6.47 Å². The lowest BCUT2D eigenvalue weighted by molar-refractivity contribution is -0.149. The number of morpholine rings is 1. The van der Waals surface area contributed by atoms with Gasteiger partial charge >= 0.3 is 0 Å². The number of ether oxygens (including phenoxy) is 1. The third-order valence-corrected chi connectivity index (χ3v) is 5.92. The fraction of sp³-hybridized carbons (Fsp3) is 0.522. The van der Waals surface area contributed by atoms with Gasteiger partial charge in [-0.2, -0.15) is 5.10 Å². The number of aliphatic hydroxyl groups is 1. The predicted molar refractivity (Wildman–Crippen MR) is 118 cm³/mol. The number of piperidine rings is 1. The van der Waals surface area contributed by atoms with Gasteiger partial charge in [0, 0.05) is 51.5 Å². The van der Waals surface area contributed by atoms with Crippen LogP contribution in [0, 0.1) is 0 Å². The van der Waals surface area contributed by atoms with E-state index < -0.39 is 0 Å². The van der Waals surface area contributed by atoms with Gasteiger partial charge in [0.1, 0.15) is 0 Å². The Morgan fingerprint density at radius 2 is 1.88 bits per heavy atom. The monoisotopic (exact) mass is 444 g/mol. The summed E-state index contributed by atoms with van der Waals surface area (Å²) in [5.74, 6) is 0.136. The quantitative estimate of drug-likeness (QED) is 0.649. The molecule has 2 aliphatic rings. The molecule has 174 valence electrons. The minimum absolute atomic E-state index is 0.0740. The van der Waals surface area contributed by atoms with E-state index in [0.717, 1.165) is 38.0 Å². The second kappa shape index (κ2) is 12.3. The number of hydrogen-bond acceptors (Lipinski definition) is 6. The van der Waals surface area contributed by atoms with Crippen LogP contribution in [0.4, 0.5) is 0 Å². The van der Waals surface area contributed by atoms with Gasteiger partial charge in [-0.1, -0.05) is 30.3 Å². The summed E-state index contributed by atoms with van der Waals surface area (Å²) >= 11 is 0. The van der Waals surface area contributed by atoms with Crippen LogP contribution in [0.25, 0.3) is 0 Å². The summed E-state index contributed by atoms with van der Waals surface area (Å²) in [5.41, 5.74) is 1.11. The Bertz CT molecular complexity index is 809. The smallest absolute Gasteiger partial charge is 0.290 e. The molecule has 2 N–H and O–H groups in total. The zero-order valence-electron chi connectivity index (χ0n) is 18.2. The van der Waals surface area contributed by atoms with Crippen LogP contribution in [0.1, 0.15) is 30.9 Å². The number of carbonyl (C=O) groups excluding carboxylic acids is 1. The van der Waals surface area contributed by atoms with E-state index in [1.165, 1.54) is 0 Å². The first-order chi connectivity index (χ1) is 15.6. The third-order valence-electron chi connectivity index (χ3n) is 5.92. The molecule has 0 radical (unpaired) electrons. The summed E-state index contributed by atoms with van der Waals surface area (Å²) in [6.07, 6.45) is 5.38. The molecule has 2 aliphatic heterocycles. The van der Waals surface area contributed by atoms with Crippen molar-refractivity contribution in [1.82, 2.24) is 19.6 Å². The number of aliphatic hydroxyl groups excluding tert-OH is 1. The van der Waals surface area contributed by atoms with E-state index in [2.05, 4.69) is 22.1 Å². The molecule has 3 heterocycles. The molecule has 4 rings (SSSR count). The number of nitrogens with zero attached hydrogens (tertiary/aromatic N) is 4.